The van der Waals surface area contributed by atoms with Crippen LogP contribution in [-0.4, -0.2) is 28.0 Å². The topological polar surface area (TPSA) is 91.4 Å². The molecule has 4 rings (SSSR count). The summed E-state index contributed by atoms with van der Waals surface area (Å²) in [6.45, 7) is 1.81. The highest BCUT2D eigenvalue weighted by atomic mass is 16.5. The number of fused-ring (bicyclic) bond motifs is 1. The van der Waals surface area contributed by atoms with E-state index in [-0.39, 0.29) is 12.3 Å². The number of H-pyrrole nitrogens is 1. The van der Waals surface area contributed by atoms with Crippen molar-refractivity contribution in [2.24, 2.45) is 0 Å². The molecule has 2 heterocycles. The number of carboxylic acids is 1. The number of aromatic nitrogens is 1. The number of carbonyl (C=O) groups is 2. The van der Waals surface area contributed by atoms with Gasteiger partial charge in [-0.15, -0.1) is 0 Å². The van der Waals surface area contributed by atoms with Crippen LogP contribution in [0, 0.1) is 6.92 Å². The predicted octanol–water partition coefficient (Wildman–Crippen LogP) is 3.52. The number of amides is 1. The van der Waals surface area contributed by atoms with Gasteiger partial charge in [-0.25, -0.2) is 4.79 Å². The van der Waals surface area contributed by atoms with E-state index in [0.717, 1.165) is 11.3 Å². The van der Waals surface area contributed by atoms with Gasteiger partial charge in [-0.1, -0.05) is 30.3 Å². The van der Waals surface area contributed by atoms with Crippen molar-refractivity contribution in [1.29, 1.82) is 0 Å². The Labute approximate surface area is 155 Å². The molecule has 1 aromatic heterocycles. The van der Waals surface area contributed by atoms with Gasteiger partial charge in [-0.2, -0.15) is 0 Å². The average molecular weight is 362 g/mol. The molecule has 0 saturated carbocycles. The lowest BCUT2D eigenvalue weighted by Gasteiger charge is -2.21. The molecule has 0 radical (unpaired) electrons. The SMILES string of the molecule is Cc1[nH]c(-c2ccccc2Oc2ccccc2)c2c1C(=O)NC(C(=O)O)C2. The first-order chi connectivity index (χ1) is 13.0. The molecule has 1 aliphatic rings. The van der Waals surface area contributed by atoms with E-state index in [9.17, 15) is 14.7 Å². The van der Waals surface area contributed by atoms with Gasteiger partial charge in [-0.05, 0) is 36.8 Å². The molecule has 3 aromatic rings. The smallest absolute Gasteiger partial charge is 0.326 e. The highest BCUT2D eigenvalue weighted by Crippen LogP contribution is 2.38. The minimum absolute atomic E-state index is 0.218. The van der Waals surface area contributed by atoms with Gasteiger partial charge in [0.1, 0.15) is 17.5 Å². The van der Waals surface area contributed by atoms with Gasteiger partial charge in [0.25, 0.3) is 5.91 Å². The molecule has 6 heteroatoms. The zero-order chi connectivity index (χ0) is 19.0. The summed E-state index contributed by atoms with van der Waals surface area (Å²) in [6, 6.07) is 16.0. The summed E-state index contributed by atoms with van der Waals surface area (Å²) in [6.07, 6.45) is 0.218. The molecule has 1 amide bonds. The van der Waals surface area contributed by atoms with E-state index >= 15 is 0 Å². The second kappa shape index (κ2) is 6.64. The van der Waals surface area contributed by atoms with Crippen molar-refractivity contribution in [3.05, 3.63) is 71.4 Å². The first-order valence-corrected chi connectivity index (χ1v) is 8.62. The van der Waals surface area contributed by atoms with Gasteiger partial charge in [0.2, 0.25) is 0 Å². The van der Waals surface area contributed by atoms with Crippen molar-refractivity contribution in [3.63, 3.8) is 0 Å². The Morgan fingerprint density at radius 3 is 2.56 bits per heavy atom. The van der Waals surface area contributed by atoms with E-state index in [2.05, 4.69) is 10.3 Å². The van der Waals surface area contributed by atoms with Crippen molar-refractivity contribution >= 4 is 11.9 Å². The van der Waals surface area contributed by atoms with Gasteiger partial charge < -0.3 is 20.1 Å². The van der Waals surface area contributed by atoms with E-state index in [1.54, 1.807) is 0 Å². The molecule has 1 atom stereocenters. The summed E-state index contributed by atoms with van der Waals surface area (Å²) >= 11 is 0. The fraction of sp³-hybridized carbons (Fsp3) is 0.143. The first kappa shape index (κ1) is 16.9. The van der Waals surface area contributed by atoms with Crippen LogP contribution < -0.4 is 10.1 Å². The standard InChI is InChI=1S/C21H18N2O4/c1-12-18-15(11-16(21(25)26)23-20(18)24)19(22-12)14-9-5-6-10-17(14)27-13-7-3-2-4-8-13/h2-10,16,22H,11H2,1H3,(H,23,24)(H,25,26). The Morgan fingerprint density at radius 1 is 1.11 bits per heavy atom. The normalized spacial score (nSPS) is 15.7. The van der Waals surface area contributed by atoms with Crippen LogP contribution in [0.1, 0.15) is 21.6 Å². The molecule has 6 nitrogen and oxygen atoms in total. The molecule has 0 spiro atoms. The number of carboxylic acid groups (broad SMARTS) is 1. The number of aryl methyl sites for hydroxylation is 1. The molecule has 136 valence electrons. The van der Waals surface area contributed by atoms with Crippen LogP contribution >= 0.6 is 0 Å². The Kier molecular flexibility index (Phi) is 4.16. The molecule has 0 bridgehead atoms. The molecular formula is C21H18N2O4. The lowest BCUT2D eigenvalue weighted by molar-refractivity contribution is -0.139. The number of ether oxygens (including phenoxy) is 1. The van der Waals surface area contributed by atoms with E-state index in [0.29, 0.717) is 28.3 Å². The molecule has 27 heavy (non-hydrogen) atoms. The van der Waals surface area contributed by atoms with Crippen molar-refractivity contribution in [3.8, 4) is 22.8 Å². The van der Waals surface area contributed by atoms with Gasteiger partial charge in [-0.3, -0.25) is 4.79 Å². The summed E-state index contributed by atoms with van der Waals surface area (Å²) in [4.78, 5) is 27.1. The van der Waals surface area contributed by atoms with Crippen LogP contribution in [0.5, 0.6) is 11.5 Å². The third kappa shape index (κ3) is 3.06. The largest absolute Gasteiger partial charge is 0.480 e. The number of aromatic amines is 1. The first-order valence-electron chi connectivity index (χ1n) is 8.62. The molecule has 0 aliphatic carbocycles. The number of nitrogens with one attached hydrogen (secondary N) is 2. The van der Waals surface area contributed by atoms with Gasteiger partial charge in [0, 0.05) is 17.7 Å². The fourth-order valence-corrected chi connectivity index (χ4v) is 3.43. The quantitative estimate of drug-likeness (QED) is 0.662. The van der Waals surface area contributed by atoms with Crippen molar-refractivity contribution in [2.45, 2.75) is 19.4 Å². The van der Waals surface area contributed by atoms with Crippen LogP contribution in [0.25, 0.3) is 11.3 Å². The van der Waals surface area contributed by atoms with Crippen LogP contribution in [0.2, 0.25) is 0 Å². The lowest BCUT2D eigenvalue weighted by atomic mass is 9.93. The van der Waals surface area contributed by atoms with Crippen molar-refractivity contribution in [1.82, 2.24) is 10.3 Å². The summed E-state index contributed by atoms with van der Waals surface area (Å²) in [5, 5.41) is 11.9. The second-order valence-electron chi connectivity index (χ2n) is 6.46. The van der Waals surface area contributed by atoms with Gasteiger partial charge in [0.05, 0.1) is 11.3 Å². The molecule has 3 N–H and O–H groups in total. The van der Waals surface area contributed by atoms with Gasteiger partial charge in [0.15, 0.2) is 0 Å². The Balaban J connectivity index is 1.81. The Morgan fingerprint density at radius 2 is 1.81 bits per heavy atom. The number of hydrogen-bond acceptors (Lipinski definition) is 3. The number of hydrogen-bond donors (Lipinski definition) is 3. The van der Waals surface area contributed by atoms with Gasteiger partial charge >= 0.3 is 5.97 Å². The van der Waals surface area contributed by atoms with Crippen molar-refractivity contribution < 1.29 is 19.4 Å². The summed E-state index contributed by atoms with van der Waals surface area (Å²) in [5.74, 6) is -0.0911. The van der Waals surface area contributed by atoms with E-state index in [4.69, 9.17) is 4.74 Å². The zero-order valence-electron chi connectivity index (χ0n) is 14.7. The van der Waals surface area contributed by atoms with Crippen LogP contribution in [-0.2, 0) is 11.2 Å². The molecule has 1 unspecified atom stereocenters. The lowest BCUT2D eigenvalue weighted by Crippen LogP contribution is -2.46. The van der Waals surface area contributed by atoms with E-state index in [1.807, 2.05) is 61.5 Å². The maximum atomic E-state index is 12.4. The Hall–Kier alpha value is -3.54. The maximum absolute atomic E-state index is 12.4. The summed E-state index contributed by atoms with van der Waals surface area (Å²) < 4.78 is 6.03. The van der Waals surface area contributed by atoms with Crippen LogP contribution in [0.15, 0.2) is 54.6 Å². The van der Waals surface area contributed by atoms with E-state index < -0.39 is 12.0 Å². The van der Waals surface area contributed by atoms with Crippen LogP contribution in [0.3, 0.4) is 0 Å². The predicted molar refractivity (Wildman–Crippen MR) is 100 cm³/mol. The maximum Gasteiger partial charge on any atom is 0.326 e. The Bertz CT molecular complexity index is 1020. The number of benzene rings is 2. The molecular weight excluding hydrogens is 344 g/mol. The fourth-order valence-electron chi connectivity index (χ4n) is 3.43. The third-order valence-electron chi connectivity index (χ3n) is 4.66. The molecule has 0 fully saturated rings. The summed E-state index contributed by atoms with van der Waals surface area (Å²) in [5.41, 5.74) is 3.42. The molecule has 0 saturated heterocycles. The highest BCUT2D eigenvalue weighted by Gasteiger charge is 2.34. The van der Waals surface area contributed by atoms with Crippen LogP contribution in [0.4, 0.5) is 0 Å². The number of para-hydroxylation sites is 2. The monoisotopic (exact) mass is 362 g/mol. The number of carbonyl (C=O) groups excluding carboxylic acids is 1. The molecule has 2 aromatic carbocycles. The highest BCUT2D eigenvalue weighted by molar-refractivity contribution is 6.03. The number of aliphatic carboxylic acids is 1. The second-order valence-corrected chi connectivity index (χ2v) is 6.46. The third-order valence-corrected chi connectivity index (χ3v) is 4.66. The van der Waals surface area contributed by atoms with Crippen molar-refractivity contribution in [2.75, 3.05) is 0 Å². The number of rotatable bonds is 4. The minimum atomic E-state index is -1.05. The minimum Gasteiger partial charge on any atom is -0.480 e. The zero-order valence-corrected chi connectivity index (χ0v) is 14.7. The van der Waals surface area contributed by atoms with E-state index in [1.165, 1.54) is 0 Å². The summed E-state index contributed by atoms with van der Waals surface area (Å²) in [7, 11) is 0. The average Bonchev–Trinajstić information content (AvgIpc) is 3.00. The molecule has 1 aliphatic heterocycles.